The Hall–Kier alpha value is -3.02. The Labute approximate surface area is 136 Å². The molecule has 24 heavy (non-hydrogen) atoms. The number of carbonyl (C=O) groups excluding carboxylic acids is 1. The third-order valence-electron chi connectivity index (χ3n) is 3.62. The zero-order valence-electron chi connectivity index (χ0n) is 12.5. The predicted molar refractivity (Wildman–Crippen MR) is 87.1 cm³/mol. The highest BCUT2D eigenvalue weighted by Gasteiger charge is 2.30. The monoisotopic (exact) mass is 330 g/mol. The molecule has 1 amide bonds. The largest absolute Gasteiger partial charge is 0.416 e. The fourth-order valence-electron chi connectivity index (χ4n) is 2.45. The molecule has 0 saturated heterocycles. The van der Waals surface area contributed by atoms with Crippen molar-refractivity contribution in [3.8, 4) is 5.69 Å². The van der Waals surface area contributed by atoms with E-state index in [1.54, 1.807) is 29.0 Å². The van der Waals surface area contributed by atoms with Crippen LogP contribution in [0.5, 0.6) is 0 Å². The molecule has 3 aromatic rings. The van der Waals surface area contributed by atoms with E-state index in [2.05, 4.69) is 11.9 Å². The zero-order chi connectivity index (χ0) is 17.3. The van der Waals surface area contributed by atoms with Crippen LogP contribution in [0.2, 0.25) is 0 Å². The summed E-state index contributed by atoms with van der Waals surface area (Å²) in [6.45, 7) is 3.39. The van der Waals surface area contributed by atoms with E-state index in [4.69, 9.17) is 0 Å². The van der Waals surface area contributed by atoms with E-state index in [0.717, 1.165) is 23.0 Å². The molecule has 0 bridgehead atoms. The molecule has 122 valence electrons. The molecule has 0 radical (unpaired) electrons. The van der Waals surface area contributed by atoms with Gasteiger partial charge in [0, 0.05) is 23.0 Å². The Morgan fingerprint density at radius 1 is 1.08 bits per heavy atom. The molecule has 2 aromatic carbocycles. The summed E-state index contributed by atoms with van der Waals surface area (Å²) < 4.78 is 39.7. The number of nitrogens with zero attached hydrogens (tertiary/aromatic N) is 1. The second-order valence-corrected chi connectivity index (χ2v) is 5.20. The van der Waals surface area contributed by atoms with Crippen molar-refractivity contribution >= 4 is 22.5 Å². The Morgan fingerprint density at radius 3 is 2.42 bits per heavy atom. The first-order chi connectivity index (χ1) is 11.4. The highest BCUT2D eigenvalue weighted by Crippen LogP contribution is 2.30. The number of alkyl halides is 3. The Bertz CT molecular complexity index is 908. The molecule has 6 heteroatoms. The first-order valence-corrected chi connectivity index (χ1v) is 7.10. The minimum absolute atomic E-state index is 0.309. The average molecular weight is 330 g/mol. The van der Waals surface area contributed by atoms with Gasteiger partial charge in [-0.25, -0.2) is 0 Å². The van der Waals surface area contributed by atoms with Crippen LogP contribution in [0.4, 0.5) is 18.9 Å². The lowest BCUT2D eigenvalue weighted by Crippen LogP contribution is -2.07. The lowest BCUT2D eigenvalue weighted by Gasteiger charge is -2.10. The van der Waals surface area contributed by atoms with Crippen LogP contribution in [0.15, 0.2) is 67.4 Å². The Kier molecular flexibility index (Phi) is 3.89. The molecule has 0 saturated carbocycles. The van der Waals surface area contributed by atoms with E-state index in [9.17, 15) is 18.0 Å². The number of hydrogen-bond acceptors (Lipinski definition) is 1. The van der Waals surface area contributed by atoms with Crippen LogP contribution in [0.25, 0.3) is 16.6 Å². The molecule has 0 fully saturated rings. The van der Waals surface area contributed by atoms with E-state index in [1.807, 2.05) is 6.07 Å². The second kappa shape index (κ2) is 5.88. The van der Waals surface area contributed by atoms with Crippen molar-refractivity contribution in [1.82, 2.24) is 4.57 Å². The molecule has 1 aromatic heterocycles. The maximum atomic E-state index is 12.6. The third kappa shape index (κ3) is 3.03. The van der Waals surface area contributed by atoms with Crippen LogP contribution in [-0.4, -0.2) is 10.5 Å². The molecule has 0 aliphatic carbocycles. The van der Waals surface area contributed by atoms with Crippen molar-refractivity contribution in [3.63, 3.8) is 0 Å². The number of halogens is 3. The Balaban J connectivity index is 1.96. The molecule has 0 aliphatic rings. The summed E-state index contributed by atoms with van der Waals surface area (Å²) in [4.78, 5) is 11.3. The molecule has 0 spiro atoms. The van der Waals surface area contributed by atoms with Crippen LogP contribution in [0.1, 0.15) is 5.56 Å². The van der Waals surface area contributed by atoms with E-state index in [-0.39, 0.29) is 5.91 Å². The van der Waals surface area contributed by atoms with Gasteiger partial charge in [-0.15, -0.1) is 0 Å². The van der Waals surface area contributed by atoms with Crippen molar-refractivity contribution in [3.05, 3.63) is 72.9 Å². The van der Waals surface area contributed by atoms with Gasteiger partial charge in [0.15, 0.2) is 0 Å². The molecule has 0 aliphatic heterocycles. The van der Waals surface area contributed by atoms with Gasteiger partial charge in [-0.2, -0.15) is 13.2 Å². The second-order valence-electron chi connectivity index (χ2n) is 5.20. The van der Waals surface area contributed by atoms with Gasteiger partial charge in [-0.3, -0.25) is 4.79 Å². The van der Waals surface area contributed by atoms with Crippen LogP contribution in [-0.2, 0) is 11.0 Å². The summed E-state index contributed by atoms with van der Waals surface area (Å²) in [5.41, 5.74) is 1.39. The molecule has 3 rings (SSSR count). The summed E-state index contributed by atoms with van der Waals surface area (Å²) >= 11 is 0. The summed E-state index contributed by atoms with van der Waals surface area (Å²) in [6.07, 6.45) is -1.40. The number of hydrogen-bond donors (Lipinski definition) is 1. The maximum Gasteiger partial charge on any atom is 0.416 e. The number of nitrogens with one attached hydrogen (secondary N) is 1. The topological polar surface area (TPSA) is 34.0 Å². The number of carbonyl (C=O) groups is 1. The summed E-state index contributed by atoms with van der Waals surface area (Å²) in [7, 11) is 0. The SMILES string of the molecule is C=CC(=O)Nc1ccc2c(ccn2-c2ccc(C(F)(F)F)cc2)c1. The molecule has 1 N–H and O–H groups in total. The van der Waals surface area contributed by atoms with Crippen molar-refractivity contribution in [2.24, 2.45) is 0 Å². The average Bonchev–Trinajstić information content (AvgIpc) is 2.97. The Morgan fingerprint density at radius 2 is 1.79 bits per heavy atom. The quantitative estimate of drug-likeness (QED) is 0.689. The van der Waals surface area contributed by atoms with Gasteiger partial charge >= 0.3 is 6.18 Å². The van der Waals surface area contributed by atoms with Crippen LogP contribution < -0.4 is 5.32 Å². The van der Waals surface area contributed by atoms with Crippen molar-refractivity contribution in [2.45, 2.75) is 6.18 Å². The number of fused-ring (bicyclic) bond motifs is 1. The summed E-state index contributed by atoms with van der Waals surface area (Å²) in [5, 5.41) is 3.52. The third-order valence-corrected chi connectivity index (χ3v) is 3.62. The minimum Gasteiger partial charge on any atom is -0.323 e. The van der Waals surface area contributed by atoms with Gasteiger partial charge in [0.25, 0.3) is 0 Å². The van der Waals surface area contributed by atoms with Gasteiger partial charge in [-0.1, -0.05) is 6.58 Å². The standard InChI is InChI=1S/C18H13F3N2O/c1-2-17(24)22-14-5-8-16-12(11-14)9-10-23(16)15-6-3-13(4-7-15)18(19,20)21/h2-11H,1H2,(H,22,24). The zero-order valence-corrected chi connectivity index (χ0v) is 12.5. The predicted octanol–water partition coefficient (Wildman–Crippen LogP) is 4.77. The van der Waals surface area contributed by atoms with Gasteiger partial charge in [0.05, 0.1) is 11.1 Å². The molecular formula is C18H13F3N2O. The van der Waals surface area contributed by atoms with Crippen LogP contribution >= 0.6 is 0 Å². The first kappa shape index (κ1) is 15.9. The lowest BCUT2D eigenvalue weighted by molar-refractivity contribution is -0.137. The summed E-state index contributed by atoms with van der Waals surface area (Å²) in [5.74, 6) is -0.309. The summed E-state index contributed by atoms with van der Waals surface area (Å²) in [6, 6.07) is 12.1. The lowest BCUT2D eigenvalue weighted by atomic mass is 10.2. The van der Waals surface area contributed by atoms with Crippen molar-refractivity contribution in [2.75, 3.05) is 5.32 Å². The van der Waals surface area contributed by atoms with Crippen molar-refractivity contribution in [1.29, 1.82) is 0 Å². The first-order valence-electron chi connectivity index (χ1n) is 7.10. The number of benzene rings is 2. The van der Waals surface area contributed by atoms with Crippen molar-refractivity contribution < 1.29 is 18.0 Å². The highest BCUT2D eigenvalue weighted by molar-refractivity contribution is 6.00. The van der Waals surface area contributed by atoms with Crippen LogP contribution in [0, 0.1) is 0 Å². The molecule has 0 atom stereocenters. The maximum absolute atomic E-state index is 12.6. The van der Waals surface area contributed by atoms with E-state index in [1.165, 1.54) is 18.2 Å². The van der Waals surface area contributed by atoms with Gasteiger partial charge in [-0.05, 0) is 54.6 Å². The number of anilines is 1. The number of aromatic nitrogens is 1. The molecular weight excluding hydrogens is 317 g/mol. The van der Waals surface area contributed by atoms with Crippen LogP contribution in [0.3, 0.4) is 0 Å². The normalized spacial score (nSPS) is 11.5. The minimum atomic E-state index is -4.35. The molecule has 1 heterocycles. The number of rotatable bonds is 3. The van der Waals surface area contributed by atoms with E-state index in [0.29, 0.717) is 11.4 Å². The molecule has 3 nitrogen and oxygen atoms in total. The van der Waals surface area contributed by atoms with E-state index >= 15 is 0 Å². The van der Waals surface area contributed by atoms with E-state index < -0.39 is 11.7 Å². The fourth-order valence-corrected chi connectivity index (χ4v) is 2.45. The highest BCUT2D eigenvalue weighted by atomic mass is 19.4. The van der Waals surface area contributed by atoms with Gasteiger partial charge < -0.3 is 9.88 Å². The van der Waals surface area contributed by atoms with Gasteiger partial charge in [0.1, 0.15) is 0 Å². The van der Waals surface area contributed by atoms with Gasteiger partial charge in [0.2, 0.25) is 5.91 Å². The molecule has 0 unspecified atom stereocenters. The number of amides is 1. The fraction of sp³-hybridized carbons (Fsp3) is 0.0556. The smallest absolute Gasteiger partial charge is 0.323 e.